The number of rotatable bonds is 6. The van der Waals surface area contributed by atoms with Crippen molar-refractivity contribution in [2.45, 2.75) is 6.61 Å². The van der Waals surface area contributed by atoms with E-state index in [9.17, 15) is 4.79 Å². The first-order chi connectivity index (χ1) is 14.3. The molecule has 0 atom stereocenters. The van der Waals surface area contributed by atoms with Gasteiger partial charge in [-0.15, -0.1) is 0 Å². The summed E-state index contributed by atoms with van der Waals surface area (Å²) in [6.07, 6.45) is 0. The molecule has 0 aliphatic rings. The summed E-state index contributed by atoms with van der Waals surface area (Å²) in [7, 11) is 0. The van der Waals surface area contributed by atoms with Gasteiger partial charge in [-0.2, -0.15) is 0 Å². The Kier molecular flexibility index (Phi) is 5.68. The number of carbonyl (C=O) groups is 1. The van der Waals surface area contributed by atoms with E-state index in [-0.39, 0.29) is 5.91 Å². The van der Waals surface area contributed by atoms with Crippen molar-refractivity contribution in [1.29, 1.82) is 0 Å². The van der Waals surface area contributed by atoms with Crippen molar-refractivity contribution in [2.24, 2.45) is 0 Å². The molecule has 0 aliphatic carbocycles. The van der Waals surface area contributed by atoms with Gasteiger partial charge < -0.3 is 10.1 Å². The predicted molar refractivity (Wildman–Crippen MR) is 117 cm³/mol. The molecule has 4 aromatic carbocycles. The van der Waals surface area contributed by atoms with Gasteiger partial charge in [-0.3, -0.25) is 4.79 Å². The van der Waals surface area contributed by atoms with Crippen LogP contribution in [0.1, 0.15) is 15.9 Å². The minimum atomic E-state index is -0.197. The molecule has 142 valence electrons. The second-order valence-corrected chi connectivity index (χ2v) is 6.64. The van der Waals surface area contributed by atoms with Crippen LogP contribution >= 0.6 is 0 Å². The van der Waals surface area contributed by atoms with Crippen molar-refractivity contribution in [2.75, 3.05) is 5.32 Å². The van der Waals surface area contributed by atoms with E-state index in [1.54, 1.807) is 6.07 Å². The van der Waals surface area contributed by atoms with Crippen LogP contribution in [-0.2, 0) is 6.61 Å². The molecule has 0 saturated heterocycles. The van der Waals surface area contributed by atoms with Crippen LogP contribution in [0.4, 0.5) is 5.69 Å². The monoisotopic (exact) mass is 379 g/mol. The topological polar surface area (TPSA) is 38.3 Å². The fourth-order valence-electron chi connectivity index (χ4n) is 3.17. The third-order valence-corrected chi connectivity index (χ3v) is 4.63. The molecule has 1 N–H and O–H groups in total. The maximum absolute atomic E-state index is 13.0. The molecule has 0 aromatic heterocycles. The summed E-state index contributed by atoms with van der Waals surface area (Å²) in [6.45, 7) is 0.408. The van der Waals surface area contributed by atoms with E-state index in [1.807, 2.05) is 103 Å². The van der Waals surface area contributed by atoms with E-state index in [4.69, 9.17) is 4.74 Å². The van der Waals surface area contributed by atoms with Crippen molar-refractivity contribution in [3.05, 3.63) is 120 Å². The summed E-state index contributed by atoms with van der Waals surface area (Å²) in [5.41, 5.74) is 4.35. The smallest absolute Gasteiger partial charge is 0.259 e. The molecule has 0 unspecified atom stereocenters. The average Bonchev–Trinajstić information content (AvgIpc) is 2.79. The minimum absolute atomic E-state index is 0.197. The van der Waals surface area contributed by atoms with Crippen LogP contribution in [0, 0.1) is 0 Å². The van der Waals surface area contributed by atoms with Gasteiger partial charge in [-0.05, 0) is 29.3 Å². The summed E-state index contributed by atoms with van der Waals surface area (Å²) >= 11 is 0. The lowest BCUT2D eigenvalue weighted by Gasteiger charge is -2.14. The maximum Gasteiger partial charge on any atom is 0.259 e. The highest BCUT2D eigenvalue weighted by molar-refractivity contribution is 6.08. The number of carbonyl (C=O) groups excluding carboxylic acids is 1. The second kappa shape index (κ2) is 8.89. The van der Waals surface area contributed by atoms with E-state index in [0.717, 1.165) is 22.4 Å². The van der Waals surface area contributed by atoms with Crippen molar-refractivity contribution in [3.8, 4) is 16.9 Å². The first-order valence-corrected chi connectivity index (χ1v) is 9.53. The van der Waals surface area contributed by atoms with Crippen LogP contribution < -0.4 is 10.1 Å². The third kappa shape index (κ3) is 4.53. The number of hydrogen-bond donors (Lipinski definition) is 1. The highest BCUT2D eigenvalue weighted by Crippen LogP contribution is 2.29. The van der Waals surface area contributed by atoms with Crippen LogP contribution in [-0.4, -0.2) is 5.91 Å². The van der Waals surface area contributed by atoms with Gasteiger partial charge >= 0.3 is 0 Å². The quantitative estimate of drug-likeness (QED) is 0.434. The summed E-state index contributed by atoms with van der Waals surface area (Å²) < 4.78 is 5.94. The molecule has 0 fully saturated rings. The van der Waals surface area contributed by atoms with Crippen molar-refractivity contribution in [3.63, 3.8) is 0 Å². The Morgan fingerprint density at radius 2 is 1.31 bits per heavy atom. The zero-order chi connectivity index (χ0) is 19.9. The lowest BCUT2D eigenvalue weighted by Crippen LogP contribution is -2.14. The molecule has 0 saturated carbocycles. The molecule has 0 spiro atoms. The standard InChI is InChI=1S/C26H21NO2/c28-26(27-24-17-9-7-15-22(24)21-13-5-2-6-14-21)23-16-8-10-18-25(23)29-19-20-11-3-1-4-12-20/h1-18H,19H2,(H,27,28). The number of ether oxygens (including phenoxy) is 1. The Morgan fingerprint density at radius 1 is 0.690 bits per heavy atom. The van der Waals surface area contributed by atoms with Crippen LogP contribution in [0.15, 0.2) is 109 Å². The summed E-state index contributed by atoms with van der Waals surface area (Å²) in [6, 6.07) is 35.0. The highest BCUT2D eigenvalue weighted by Gasteiger charge is 2.14. The van der Waals surface area contributed by atoms with Crippen LogP contribution in [0.5, 0.6) is 5.75 Å². The minimum Gasteiger partial charge on any atom is -0.488 e. The number of amides is 1. The van der Waals surface area contributed by atoms with Gasteiger partial charge in [-0.25, -0.2) is 0 Å². The molecular weight excluding hydrogens is 358 g/mol. The van der Waals surface area contributed by atoms with Gasteiger partial charge in [0, 0.05) is 11.3 Å². The van der Waals surface area contributed by atoms with E-state index in [2.05, 4.69) is 5.32 Å². The second-order valence-electron chi connectivity index (χ2n) is 6.64. The molecule has 0 bridgehead atoms. The zero-order valence-electron chi connectivity index (χ0n) is 15.9. The van der Waals surface area contributed by atoms with Crippen LogP contribution in [0.25, 0.3) is 11.1 Å². The SMILES string of the molecule is O=C(Nc1ccccc1-c1ccccc1)c1ccccc1OCc1ccccc1. The Morgan fingerprint density at radius 3 is 2.10 bits per heavy atom. The number of anilines is 1. The lowest BCUT2D eigenvalue weighted by atomic mass is 10.0. The molecule has 3 nitrogen and oxygen atoms in total. The molecule has 4 aromatic rings. The summed E-state index contributed by atoms with van der Waals surface area (Å²) in [5.74, 6) is 0.364. The van der Waals surface area contributed by atoms with Crippen molar-refractivity contribution >= 4 is 11.6 Å². The van der Waals surface area contributed by atoms with E-state index >= 15 is 0 Å². The van der Waals surface area contributed by atoms with Gasteiger partial charge in [0.2, 0.25) is 0 Å². The lowest BCUT2D eigenvalue weighted by molar-refractivity contribution is 0.102. The van der Waals surface area contributed by atoms with Gasteiger partial charge in [0.15, 0.2) is 0 Å². The van der Waals surface area contributed by atoms with Gasteiger partial charge in [-0.1, -0.05) is 91.0 Å². The molecule has 0 aliphatic heterocycles. The third-order valence-electron chi connectivity index (χ3n) is 4.63. The Hall–Kier alpha value is -3.85. The van der Waals surface area contributed by atoms with Gasteiger partial charge in [0.1, 0.15) is 12.4 Å². The van der Waals surface area contributed by atoms with Crippen molar-refractivity contribution < 1.29 is 9.53 Å². The molecule has 1 amide bonds. The molecule has 29 heavy (non-hydrogen) atoms. The molecule has 0 radical (unpaired) electrons. The fourth-order valence-corrected chi connectivity index (χ4v) is 3.17. The number of nitrogens with one attached hydrogen (secondary N) is 1. The molecular formula is C26H21NO2. The molecule has 3 heteroatoms. The average molecular weight is 379 g/mol. The summed E-state index contributed by atoms with van der Waals surface area (Å²) in [4.78, 5) is 13.0. The number of para-hydroxylation sites is 2. The van der Waals surface area contributed by atoms with Gasteiger partial charge in [0.05, 0.1) is 5.56 Å². The molecule has 0 heterocycles. The largest absolute Gasteiger partial charge is 0.488 e. The van der Waals surface area contributed by atoms with Crippen LogP contribution in [0.3, 0.4) is 0 Å². The first-order valence-electron chi connectivity index (χ1n) is 9.53. The summed E-state index contributed by atoms with van der Waals surface area (Å²) in [5, 5.41) is 3.04. The van der Waals surface area contributed by atoms with Crippen molar-refractivity contribution in [1.82, 2.24) is 0 Å². The van der Waals surface area contributed by atoms with Gasteiger partial charge in [0.25, 0.3) is 5.91 Å². The predicted octanol–water partition coefficient (Wildman–Crippen LogP) is 6.18. The highest BCUT2D eigenvalue weighted by atomic mass is 16.5. The maximum atomic E-state index is 13.0. The zero-order valence-corrected chi connectivity index (χ0v) is 15.9. The van der Waals surface area contributed by atoms with E-state index in [0.29, 0.717) is 17.9 Å². The normalized spacial score (nSPS) is 10.3. The van der Waals surface area contributed by atoms with Crippen LogP contribution in [0.2, 0.25) is 0 Å². The molecule has 4 rings (SSSR count). The Bertz CT molecular complexity index is 1090. The Balaban J connectivity index is 1.56. The number of hydrogen-bond acceptors (Lipinski definition) is 2. The van der Waals surface area contributed by atoms with E-state index in [1.165, 1.54) is 0 Å². The first kappa shape index (κ1) is 18.5. The van der Waals surface area contributed by atoms with E-state index < -0.39 is 0 Å². The number of benzene rings is 4. The Labute approximate surface area is 170 Å². The fraction of sp³-hybridized carbons (Fsp3) is 0.0385.